The Morgan fingerprint density at radius 2 is 1.67 bits per heavy atom. The highest BCUT2D eigenvalue weighted by molar-refractivity contribution is 7.09. The number of thiophene rings is 1. The molecule has 0 fully saturated rings. The van der Waals surface area contributed by atoms with Gasteiger partial charge in [-0.1, -0.05) is 57.2 Å². The quantitative estimate of drug-likeness (QED) is 0.295. The van der Waals surface area contributed by atoms with E-state index in [0.29, 0.717) is 32.7 Å². The monoisotopic (exact) mass is 476 g/mol. The van der Waals surface area contributed by atoms with Gasteiger partial charge in [-0.3, -0.25) is 9.59 Å². The summed E-state index contributed by atoms with van der Waals surface area (Å²) in [5.74, 6) is -0.435. The van der Waals surface area contributed by atoms with Gasteiger partial charge in [0.05, 0.1) is 19.7 Å². The topological polar surface area (TPSA) is 49.9 Å². The first-order chi connectivity index (χ1) is 16.0. The first-order valence-electron chi connectivity index (χ1n) is 11.8. The molecule has 0 radical (unpaired) electrons. The number of carbonyl (C=O) groups is 2. The van der Waals surface area contributed by atoms with Crippen LogP contribution in [-0.2, 0) is 27.4 Å². The number of rotatable bonds is 16. The van der Waals surface area contributed by atoms with Gasteiger partial charge in [-0.15, -0.1) is 11.3 Å². The van der Waals surface area contributed by atoms with Gasteiger partial charge < -0.3 is 14.5 Å². The number of carbonyl (C=O) groups excluding carboxylic acids is 2. The molecule has 0 aliphatic heterocycles. The highest BCUT2D eigenvalue weighted by atomic mass is 32.1. The zero-order valence-electron chi connectivity index (χ0n) is 19.9. The Morgan fingerprint density at radius 3 is 2.33 bits per heavy atom. The van der Waals surface area contributed by atoms with Gasteiger partial charge in [0.2, 0.25) is 11.8 Å². The molecular formula is C26H37FN2O3S. The first-order valence-corrected chi connectivity index (χ1v) is 12.7. The fourth-order valence-electron chi connectivity index (χ4n) is 3.60. The van der Waals surface area contributed by atoms with Crippen molar-refractivity contribution in [1.29, 1.82) is 0 Å². The predicted octanol–water partition coefficient (Wildman–Crippen LogP) is 5.64. The van der Waals surface area contributed by atoms with Crippen LogP contribution in [0.25, 0.3) is 0 Å². The Bertz CT molecular complexity index is 811. The summed E-state index contributed by atoms with van der Waals surface area (Å²) in [7, 11) is 1.59. The molecule has 0 spiro atoms. The van der Waals surface area contributed by atoms with Gasteiger partial charge in [-0.2, -0.15) is 0 Å². The molecule has 1 aromatic carbocycles. The molecule has 0 aliphatic rings. The van der Waals surface area contributed by atoms with Crippen molar-refractivity contribution in [1.82, 2.24) is 9.80 Å². The second-order valence-corrected chi connectivity index (χ2v) is 9.31. The van der Waals surface area contributed by atoms with E-state index in [9.17, 15) is 14.0 Å². The predicted molar refractivity (Wildman–Crippen MR) is 131 cm³/mol. The second kappa shape index (κ2) is 15.6. The van der Waals surface area contributed by atoms with Crippen LogP contribution in [0.3, 0.4) is 0 Å². The molecule has 5 nitrogen and oxygen atoms in total. The van der Waals surface area contributed by atoms with Crippen molar-refractivity contribution in [3.63, 3.8) is 0 Å². The summed E-state index contributed by atoms with van der Waals surface area (Å²) in [6.07, 6.45) is 7.11. The molecule has 0 aliphatic carbocycles. The number of hydrogen-bond donors (Lipinski definition) is 0. The molecule has 2 amide bonds. The fourth-order valence-corrected chi connectivity index (χ4v) is 4.32. The lowest BCUT2D eigenvalue weighted by Crippen LogP contribution is -2.43. The molecule has 7 heteroatoms. The number of benzene rings is 1. The van der Waals surface area contributed by atoms with Gasteiger partial charge in [0.25, 0.3) is 0 Å². The SMILES string of the molecule is CCCCCCCCC(=O)N(CCOC)CC(=O)N(Cc1ccc(F)cc1)Cc1cccs1. The van der Waals surface area contributed by atoms with Crippen molar-refractivity contribution in [3.05, 3.63) is 58.0 Å². The van der Waals surface area contributed by atoms with Gasteiger partial charge in [0.15, 0.2) is 0 Å². The zero-order chi connectivity index (χ0) is 23.9. The lowest BCUT2D eigenvalue weighted by Gasteiger charge is -2.27. The third-order valence-electron chi connectivity index (χ3n) is 5.55. The number of methoxy groups -OCH3 is 1. The number of hydrogen-bond acceptors (Lipinski definition) is 4. The van der Waals surface area contributed by atoms with Crippen LogP contribution >= 0.6 is 11.3 Å². The van der Waals surface area contributed by atoms with Crippen LogP contribution in [0.2, 0.25) is 0 Å². The maximum atomic E-state index is 13.3. The van der Waals surface area contributed by atoms with E-state index in [2.05, 4.69) is 6.92 Å². The molecule has 0 unspecified atom stereocenters. The molecule has 1 aromatic heterocycles. The van der Waals surface area contributed by atoms with Crippen LogP contribution in [0.15, 0.2) is 41.8 Å². The summed E-state index contributed by atoms with van der Waals surface area (Å²) in [5.41, 5.74) is 0.850. The second-order valence-electron chi connectivity index (χ2n) is 8.28. The molecule has 2 aromatic rings. The van der Waals surface area contributed by atoms with Crippen LogP contribution in [-0.4, -0.2) is 48.4 Å². The van der Waals surface area contributed by atoms with Gasteiger partial charge in [0, 0.05) is 31.5 Å². The first kappa shape index (κ1) is 27.0. The third kappa shape index (κ3) is 10.5. The molecule has 1 heterocycles. The Labute approximate surface area is 201 Å². The zero-order valence-corrected chi connectivity index (χ0v) is 20.7. The molecule has 2 rings (SSSR count). The molecule has 0 bridgehead atoms. The minimum absolute atomic E-state index is 0.00579. The normalized spacial score (nSPS) is 10.9. The maximum Gasteiger partial charge on any atom is 0.242 e. The van der Waals surface area contributed by atoms with Gasteiger partial charge in [-0.25, -0.2) is 4.39 Å². The number of nitrogens with zero attached hydrogens (tertiary/aromatic N) is 2. The van der Waals surface area contributed by atoms with Crippen molar-refractivity contribution in [2.45, 2.75) is 65.0 Å². The van der Waals surface area contributed by atoms with E-state index in [-0.39, 0.29) is 24.2 Å². The molecule has 33 heavy (non-hydrogen) atoms. The van der Waals surface area contributed by atoms with Crippen LogP contribution < -0.4 is 0 Å². The summed E-state index contributed by atoms with van der Waals surface area (Å²) >= 11 is 1.59. The minimum atomic E-state index is -0.305. The summed E-state index contributed by atoms with van der Waals surface area (Å²) in [4.78, 5) is 30.6. The molecule has 0 atom stereocenters. The van der Waals surface area contributed by atoms with Gasteiger partial charge in [0.1, 0.15) is 5.82 Å². The summed E-state index contributed by atoms with van der Waals surface area (Å²) in [6, 6.07) is 10.1. The van der Waals surface area contributed by atoms with Crippen molar-refractivity contribution < 1.29 is 18.7 Å². The summed E-state index contributed by atoms with van der Waals surface area (Å²) in [5, 5.41) is 1.98. The third-order valence-corrected chi connectivity index (χ3v) is 6.42. The van der Waals surface area contributed by atoms with E-state index in [1.54, 1.807) is 40.4 Å². The Balaban J connectivity index is 2.00. The smallest absolute Gasteiger partial charge is 0.242 e. The Kier molecular flexibility index (Phi) is 12.7. The molecule has 182 valence electrons. The van der Waals surface area contributed by atoms with E-state index in [4.69, 9.17) is 4.74 Å². The highest BCUT2D eigenvalue weighted by Gasteiger charge is 2.22. The van der Waals surface area contributed by atoms with Crippen molar-refractivity contribution in [2.24, 2.45) is 0 Å². The molecular weight excluding hydrogens is 439 g/mol. The number of amides is 2. The standard InChI is InChI=1S/C26H37FN2O3S/c1-3-4-5-6-7-8-11-25(30)28(16-17-32-2)21-26(31)29(20-24-10-9-18-33-24)19-22-12-14-23(27)15-13-22/h9-10,12-15,18H,3-8,11,16-17,19-21H2,1-2H3. The molecule has 0 N–H and O–H groups in total. The van der Waals surface area contributed by atoms with E-state index in [0.717, 1.165) is 29.7 Å². The van der Waals surface area contributed by atoms with Crippen LogP contribution in [0.5, 0.6) is 0 Å². The van der Waals surface area contributed by atoms with Crippen LogP contribution in [0.1, 0.15) is 62.3 Å². The Hall–Kier alpha value is -2.25. The van der Waals surface area contributed by atoms with E-state index in [1.165, 1.54) is 31.4 Å². The lowest BCUT2D eigenvalue weighted by atomic mass is 10.1. The van der Waals surface area contributed by atoms with E-state index in [1.807, 2.05) is 17.5 Å². The van der Waals surface area contributed by atoms with Crippen molar-refractivity contribution >= 4 is 23.2 Å². The summed E-state index contributed by atoms with van der Waals surface area (Å²) < 4.78 is 18.5. The largest absolute Gasteiger partial charge is 0.383 e. The fraction of sp³-hybridized carbons (Fsp3) is 0.538. The van der Waals surface area contributed by atoms with Crippen LogP contribution in [0.4, 0.5) is 4.39 Å². The van der Waals surface area contributed by atoms with E-state index < -0.39 is 0 Å². The number of ether oxygens (including phenoxy) is 1. The minimum Gasteiger partial charge on any atom is -0.383 e. The van der Waals surface area contributed by atoms with E-state index >= 15 is 0 Å². The summed E-state index contributed by atoms with van der Waals surface area (Å²) in [6.45, 7) is 3.80. The van der Waals surface area contributed by atoms with Crippen molar-refractivity contribution in [2.75, 3.05) is 26.8 Å². The average Bonchev–Trinajstić information content (AvgIpc) is 3.32. The lowest BCUT2D eigenvalue weighted by molar-refractivity contribution is -0.141. The average molecular weight is 477 g/mol. The van der Waals surface area contributed by atoms with Crippen molar-refractivity contribution in [3.8, 4) is 0 Å². The highest BCUT2D eigenvalue weighted by Crippen LogP contribution is 2.16. The number of unbranched alkanes of at least 4 members (excludes halogenated alkanes) is 5. The van der Waals surface area contributed by atoms with Gasteiger partial charge in [-0.05, 0) is 35.6 Å². The van der Waals surface area contributed by atoms with Crippen LogP contribution in [0, 0.1) is 5.82 Å². The van der Waals surface area contributed by atoms with Gasteiger partial charge >= 0.3 is 0 Å². The maximum absolute atomic E-state index is 13.3. The molecule has 0 saturated heterocycles. The molecule has 0 saturated carbocycles. The Morgan fingerprint density at radius 1 is 0.939 bits per heavy atom. The number of halogens is 1.